The number of fused-ring (bicyclic) bond motifs is 1. The molecule has 1 amide bonds. The minimum atomic E-state index is -0.624. The summed E-state index contributed by atoms with van der Waals surface area (Å²) in [5.41, 5.74) is 0.453. The standard InChI is InChI=1S/C16H17BrN4O5/c1-16(2,3)26-15(22)19-6-7-25-13-5-4-10(8-12(13)19)20-9-11(17)14(18-20)21(23)24/h4-5,8-9H,6-7H2,1-3H3. The van der Waals surface area contributed by atoms with Crippen molar-refractivity contribution in [2.75, 3.05) is 18.1 Å². The molecule has 3 rings (SSSR count). The Bertz CT molecular complexity index is 874. The Kier molecular flexibility index (Phi) is 4.61. The predicted molar refractivity (Wildman–Crippen MR) is 97.0 cm³/mol. The van der Waals surface area contributed by atoms with Crippen LogP contribution in [0.1, 0.15) is 20.8 Å². The zero-order valence-corrected chi connectivity index (χ0v) is 16.0. The number of carbonyl (C=O) groups excluding carboxylic acids is 1. The van der Waals surface area contributed by atoms with E-state index in [0.717, 1.165) is 0 Å². The highest BCUT2D eigenvalue weighted by molar-refractivity contribution is 9.10. The van der Waals surface area contributed by atoms with E-state index in [4.69, 9.17) is 9.47 Å². The summed E-state index contributed by atoms with van der Waals surface area (Å²) in [5, 5.41) is 14.9. The molecule has 0 unspecified atom stereocenters. The fourth-order valence-corrected chi connectivity index (χ4v) is 2.87. The number of amides is 1. The lowest BCUT2D eigenvalue weighted by atomic mass is 10.2. The van der Waals surface area contributed by atoms with Crippen LogP contribution in [0.3, 0.4) is 0 Å². The first-order valence-electron chi connectivity index (χ1n) is 7.83. The summed E-state index contributed by atoms with van der Waals surface area (Å²) < 4.78 is 12.7. The van der Waals surface area contributed by atoms with E-state index in [0.29, 0.717) is 30.3 Å². The zero-order valence-electron chi connectivity index (χ0n) is 14.4. The van der Waals surface area contributed by atoms with Gasteiger partial charge in [0.15, 0.2) is 0 Å². The fourth-order valence-electron chi connectivity index (χ4n) is 2.46. The molecule has 138 valence electrons. The van der Waals surface area contributed by atoms with Gasteiger partial charge in [0.25, 0.3) is 0 Å². The Morgan fingerprint density at radius 3 is 2.77 bits per heavy atom. The van der Waals surface area contributed by atoms with E-state index in [2.05, 4.69) is 21.0 Å². The third-order valence-electron chi connectivity index (χ3n) is 3.51. The number of carbonyl (C=O) groups is 1. The van der Waals surface area contributed by atoms with Gasteiger partial charge in [0.1, 0.15) is 22.4 Å². The number of benzene rings is 1. The molecule has 0 bridgehead atoms. The maximum atomic E-state index is 12.5. The SMILES string of the molecule is CC(C)(C)OC(=O)N1CCOc2ccc(-n3cc(Br)c([N+](=O)[O-])n3)cc21. The second-order valence-corrected chi connectivity index (χ2v) is 7.49. The van der Waals surface area contributed by atoms with Crippen LogP contribution in [-0.2, 0) is 4.74 Å². The summed E-state index contributed by atoms with van der Waals surface area (Å²) in [4.78, 5) is 24.4. The topological polar surface area (TPSA) is 99.7 Å². The molecule has 0 radical (unpaired) electrons. The van der Waals surface area contributed by atoms with Crippen LogP contribution in [0.4, 0.5) is 16.3 Å². The largest absolute Gasteiger partial charge is 0.490 e. The van der Waals surface area contributed by atoms with Gasteiger partial charge in [-0.05, 0) is 59.8 Å². The van der Waals surface area contributed by atoms with Crippen molar-refractivity contribution in [1.29, 1.82) is 0 Å². The molecule has 1 aliphatic rings. The van der Waals surface area contributed by atoms with Crippen LogP contribution in [0.15, 0.2) is 28.9 Å². The van der Waals surface area contributed by atoms with Crippen LogP contribution in [0.5, 0.6) is 5.75 Å². The molecule has 2 aromatic rings. The minimum absolute atomic E-state index is 0.264. The van der Waals surface area contributed by atoms with Gasteiger partial charge in [-0.2, -0.15) is 0 Å². The lowest BCUT2D eigenvalue weighted by molar-refractivity contribution is -0.390. The van der Waals surface area contributed by atoms with Crippen LogP contribution < -0.4 is 9.64 Å². The van der Waals surface area contributed by atoms with Crippen molar-refractivity contribution >= 4 is 33.5 Å². The average molecular weight is 425 g/mol. The first kappa shape index (κ1) is 18.2. The minimum Gasteiger partial charge on any atom is -0.490 e. The second kappa shape index (κ2) is 6.60. The number of hydrogen-bond donors (Lipinski definition) is 0. The van der Waals surface area contributed by atoms with Crippen molar-refractivity contribution in [3.63, 3.8) is 0 Å². The number of hydrogen-bond acceptors (Lipinski definition) is 6. The van der Waals surface area contributed by atoms with Crippen LogP contribution in [-0.4, -0.2) is 39.5 Å². The molecule has 26 heavy (non-hydrogen) atoms. The van der Waals surface area contributed by atoms with Crippen molar-refractivity contribution in [2.24, 2.45) is 0 Å². The molecule has 1 aromatic carbocycles. The van der Waals surface area contributed by atoms with Gasteiger partial charge in [-0.25, -0.2) is 4.79 Å². The van der Waals surface area contributed by atoms with Crippen molar-refractivity contribution in [2.45, 2.75) is 26.4 Å². The molecule has 0 saturated carbocycles. The molecule has 0 aliphatic carbocycles. The third kappa shape index (κ3) is 3.64. The van der Waals surface area contributed by atoms with E-state index in [1.165, 1.54) is 15.8 Å². The highest BCUT2D eigenvalue weighted by atomic mass is 79.9. The predicted octanol–water partition coefficient (Wildman–Crippen LogP) is 3.68. The Labute approximate surface area is 157 Å². The fraction of sp³-hybridized carbons (Fsp3) is 0.375. The smallest absolute Gasteiger partial charge is 0.415 e. The van der Waals surface area contributed by atoms with Crippen LogP contribution in [0.25, 0.3) is 5.69 Å². The van der Waals surface area contributed by atoms with E-state index in [-0.39, 0.29) is 10.3 Å². The van der Waals surface area contributed by atoms with Gasteiger partial charge in [-0.3, -0.25) is 4.90 Å². The zero-order chi connectivity index (χ0) is 19.1. The number of nitro groups is 1. The third-order valence-corrected chi connectivity index (χ3v) is 4.07. The monoisotopic (exact) mass is 424 g/mol. The maximum Gasteiger partial charge on any atom is 0.415 e. The molecular formula is C16H17BrN4O5. The van der Waals surface area contributed by atoms with Gasteiger partial charge in [0.05, 0.1) is 29.2 Å². The number of nitrogens with zero attached hydrogens (tertiary/aromatic N) is 4. The molecule has 0 saturated heterocycles. The summed E-state index contributed by atoms with van der Waals surface area (Å²) in [6.07, 6.45) is 1.01. The van der Waals surface area contributed by atoms with E-state index < -0.39 is 16.6 Å². The van der Waals surface area contributed by atoms with Crippen molar-refractivity contribution in [1.82, 2.24) is 9.78 Å². The first-order valence-corrected chi connectivity index (χ1v) is 8.62. The molecule has 1 aromatic heterocycles. The lowest BCUT2D eigenvalue weighted by Crippen LogP contribution is -2.41. The summed E-state index contributed by atoms with van der Waals surface area (Å²) in [6, 6.07) is 5.09. The van der Waals surface area contributed by atoms with E-state index >= 15 is 0 Å². The first-order chi connectivity index (χ1) is 12.2. The molecule has 0 fully saturated rings. The van der Waals surface area contributed by atoms with Crippen molar-refractivity contribution in [3.05, 3.63) is 39.0 Å². The maximum absolute atomic E-state index is 12.5. The van der Waals surface area contributed by atoms with E-state index in [1.54, 1.807) is 39.0 Å². The summed E-state index contributed by atoms with van der Waals surface area (Å²) in [7, 11) is 0. The van der Waals surface area contributed by atoms with E-state index in [9.17, 15) is 14.9 Å². The summed E-state index contributed by atoms with van der Waals surface area (Å²) >= 11 is 3.12. The highest BCUT2D eigenvalue weighted by Gasteiger charge is 2.29. The quantitative estimate of drug-likeness (QED) is 0.538. The molecule has 0 atom stereocenters. The van der Waals surface area contributed by atoms with Gasteiger partial charge >= 0.3 is 11.9 Å². The van der Waals surface area contributed by atoms with Crippen LogP contribution in [0.2, 0.25) is 0 Å². The Hall–Kier alpha value is -2.62. The van der Waals surface area contributed by atoms with Gasteiger partial charge < -0.3 is 19.6 Å². The molecule has 0 spiro atoms. The Morgan fingerprint density at radius 1 is 1.42 bits per heavy atom. The lowest BCUT2D eigenvalue weighted by Gasteiger charge is -2.31. The molecular weight excluding hydrogens is 408 g/mol. The molecule has 0 N–H and O–H groups in total. The average Bonchev–Trinajstić information content (AvgIpc) is 2.94. The molecule has 9 nitrogen and oxygen atoms in total. The van der Waals surface area contributed by atoms with Crippen molar-refractivity contribution in [3.8, 4) is 11.4 Å². The number of halogens is 1. The van der Waals surface area contributed by atoms with Crippen LogP contribution in [0, 0.1) is 10.1 Å². The summed E-state index contributed by atoms with van der Waals surface area (Å²) in [5.74, 6) is 0.245. The van der Waals surface area contributed by atoms with Gasteiger partial charge in [-0.1, -0.05) is 0 Å². The van der Waals surface area contributed by atoms with E-state index in [1.807, 2.05) is 0 Å². The van der Waals surface area contributed by atoms with Gasteiger partial charge in [0.2, 0.25) is 0 Å². The highest BCUT2D eigenvalue weighted by Crippen LogP contribution is 2.35. The van der Waals surface area contributed by atoms with Crippen LogP contribution >= 0.6 is 15.9 Å². The molecule has 1 aliphatic heterocycles. The van der Waals surface area contributed by atoms with Crippen molar-refractivity contribution < 1.29 is 19.2 Å². The van der Waals surface area contributed by atoms with Gasteiger partial charge in [-0.15, -0.1) is 4.68 Å². The summed E-state index contributed by atoms with van der Waals surface area (Å²) in [6.45, 7) is 6.08. The molecule has 2 heterocycles. The van der Waals surface area contributed by atoms with Gasteiger partial charge in [0, 0.05) is 0 Å². The molecule has 10 heteroatoms. The Morgan fingerprint density at radius 2 is 2.15 bits per heavy atom. The number of rotatable bonds is 2. The second-order valence-electron chi connectivity index (χ2n) is 6.63. The Balaban J connectivity index is 1.98. The number of ether oxygens (including phenoxy) is 2. The number of aromatic nitrogens is 2. The normalized spacial score (nSPS) is 13.8. The number of anilines is 1.